The van der Waals surface area contributed by atoms with E-state index < -0.39 is 0 Å². The van der Waals surface area contributed by atoms with E-state index in [4.69, 9.17) is 9.47 Å². The molecule has 0 N–H and O–H groups in total. The van der Waals surface area contributed by atoms with Crippen LogP contribution in [0.25, 0.3) is 11.6 Å². The molecule has 0 aliphatic carbocycles. The van der Waals surface area contributed by atoms with E-state index in [1.165, 1.54) is 0 Å². The Morgan fingerprint density at radius 2 is 1.92 bits per heavy atom. The number of benzene rings is 2. The van der Waals surface area contributed by atoms with Gasteiger partial charge < -0.3 is 9.47 Å². The lowest BCUT2D eigenvalue weighted by atomic mass is 10.0. The maximum absolute atomic E-state index is 9.51. The molecule has 0 bridgehead atoms. The van der Waals surface area contributed by atoms with Crippen molar-refractivity contribution in [3.8, 4) is 17.6 Å². The Kier molecular flexibility index (Phi) is 6.62. The molecular formula is C22H21NO2. The maximum Gasteiger partial charge on any atom is 0.165 e. The summed E-state index contributed by atoms with van der Waals surface area (Å²) >= 11 is 0. The first-order chi connectivity index (χ1) is 12.2. The lowest BCUT2D eigenvalue weighted by Crippen LogP contribution is -2.01. The van der Waals surface area contributed by atoms with Gasteiger partial charge in [-0.15, -0.1) is 6.58 Å². The molecule has 0 saturated heterocycles. The molecule has 0 spiro atoms. The topological polar surface area (TPSA) is 42.2 Å². The summed E-state index contributed by atoms with van der Waals surface area (Å²) in [6.07, 6.45) is 5.99. The molecule has 3 nitrogen and oxygen atoms in total. The zero-order valence-corrected chi connectivity index (χ0v) is 14.4. The Morgan fingerprint density at radius 3 is 2.52 bits per heavy atom. The molecule has 0 saturated carbocycles. The Balaban J connectivity index is 2.52. The molecular weight excluding hydrogens is 310 g/mol. The van der Waals surface area contributed by atoms with E-state index in [2.05, 4.69) is 19.2 Å². The summed E-state index contributed by atoms with van der Waals surface area (Å²) in [6, 6.07) is 15.7. The predicted molar refractivity (Wildman–Crippen MR) is 103 cm³/mol. The molecule has 0 radical (unpaired) electrons. The molecule has 0 aliphatic rings. The third kappa shape index (κ3) is 4.62. The number of hydrogen-bond acceptors (Lipinski definition) is 3. The third-order valence-corrected chi connectivity index (χ3v) is 3.60. The molecule has 2 aromatic carbocycles. The minimum Gasteiger partial charge on any atom is -0.493 e. The van der Waals surface area contributed by atoms with Crippen molar-refractivity contribution in [3.63, 3.8) is 0 Å². The van der Waals surface area contributed by atoms with Crippen LogP contribution in [0.3, 0.4) is 0 Å². The van der Waals surface area contributed by atoms with Crippen LogP contribution in [-0.2, 0) is 6.42 Å². The average molecular weight is 331 g/mol. The second-order valence-electron chi connectivity index (χ2n) is 5.34. The van der Waals surface area contributed by atoms with Crippen LogP contribution in [0.2, 0.25) is 0 Å². The van der Waals surface area contributed by atoms with Crippen LogP contribution in [0.15, 0.2) is 67.8 Å². The molecule has 0 atom stereocenters. The van der Waals surface area contributed by atoms with Gasteiger partial charge in [-0.05, 0) is 35.8 Å². The molecule has 0 amide bonds. The first kappa shape index (κ1) is 18.1. The minimum atomic E-state index is 0.392. The zero-order chi connectivity index (χ0) is 18.1. The van der Waals surface area contributed by atoms with E-state index in [1.54, 1.807) is 13.2 Å². The average Bonchev–Trinajstić information content (AvgIpc) is 2.65. The highest BCUT2D eigenvalue weighted by Gasteiger charge is 2.12. The van der Waals surface area contributed by atoms with Crippen LogP contribution < -0.4 is 9.47 Å². The van der Waals surface area contributed by atoms with Gasteiger partial charge in [-0.1, -0.05) is 49.1 Å². The van der Waals surface area contributed by atoms with Crippen LogP contribution in [0.5, 0.6) is 11.5 Å². The fourth-order valence-electron chi connectivity index (χ4n) is 2.50. The first-order valence-corrected chi connectivity index (χ1v) is 7.96. The summed E-state index contributed by atoms with van der Waals surface area (Å²) in [5.41, 5.74) is 3.29. The van der Waals surface area contributed by atoms with E-state index in [-0.39, 0.29) is 0 Å². The van der Waals surface area contributed by atoms with E-state index in [0.29, 0.717) is 30.1 Å². The largest absolute Gasteiger partial charge is 0.493 e. The van der Waals surface area contributed by atoms with Crippen LogP contribution in [-0.4, -0.2) is 13.7 Å². The van der Waals surface area contributed by atoms with Gasteiger partial charge in [0.25, 0.3) is 0 Å². The smallest absolute Gasteiger partial charge is 0.165 e. The van der Waals surface area contributed by atoms with Gasteiger partial charge in [0.05, 0.1) is 18.8 Å². The molecule has 3 heteroatoms. The number of hydrogen-bond donors (Lipinski definition) is 0. The summed E-state index contributed by atoms with van der Waals surface area (Å²) in [4.78, 5) is 0. The fraction of sp³-hybridized carbons (Fsp3) is 0.136. The number of methoxy groups -OCH3 is 1. The van der Waals surface area contributed by atoms with Gasteiger partial charge in [0.15, 0.2) is 11.5 Å². The second kappa shape index (κ2) is 9.14. The van der Waals surface area contributed by atoms with Crippen molar-refractivity contribution in [1.82, 2.24) is 0 Å². The molecule has 25 heavy (non-hydrogen) atoms. The Labute approximate surface area is 149 Å². The lowest BCUT2D eigenvalue weighted by Gasteiger charge is -2.15. The summed E-state index contributed by atoms with van der Waals surface area (Å²) in [6.45, 7) is 7.87. The summed E-state index contributed by atoms with van der Waals surface area (Å²) in [5.74, 6) is 1.30. The lowest BCUT2D eigenvalue weighted by molar-refractivity contribution is 0.323. The molecule has 0 aromatic heterocycles. The summed E-state index contributed by atoms with van der Waals surface area (Å²) in [7, 11) is 1.60. The van der Waals surface area contributed by atoms with E-state index in [0.717, 1.165) is 16.7 Å². The molecule has 126 valence electrons. The summed E-state index contributed by atoms with van der Waals surface area (Å²) < 4.78 is 11.2. The number of allylic oxidation sites excluding steroid dienone is 2. The number of rotatable bonds is 8. The highest BCUT2D eigenvalue weighted by atomic mass is 16.5. The number of nitriles is 1. The van der Waals surface area contributed by atoms with Crippen LogP contribution >= 0.6 is 0 Å². The van der Waals surface area contributed by atoms with Crippen LogP contribution in [0.1, 0.15) is 16.7 Å². The van der Waals surface area contributed by atoms with Gasteiger partial charge in [0, 0.05) is 5.56 Å². The van der Waals surface area contributed by atoms with Crippen molar-refractivity contribution in [2.75, 3.05) is 13.7 Å². The van der Waals surface area contributed by atoms with Crippen molar-refractivity contribution < 1.29 is 9.47 Å². The van der Waals surface area contributed by atoms with E-state index >= 15 is 0 Å². The third-order valence-electron chi connectivity index (χ3n) is 3.60. The highest BCUT2D eigenvalue weighted by Crippen LogP contribution is 2.34. The fourth-order valence-corrected chi connectivity index (χ4v) is 2.50. The summed E-state index contributed by atoms with van der Waals surface area (Å²) in [5, 5.41) is 9.51. The Bertz CT molecular complexity index is 814. The quantitative estimate of drug-likeness (QED) is 0.386. The van der Waals surface area contributed by atoms with Crippen molar-refractivity contribution in [3.05, 3.63) is 84.5 Å². The minimum absolute atomic E-state index is 0.392. The monoisotopic (exact) mass is 331 g/mol. The Hall–Kier alpha value is -3.25. The maximum atomic E-state index is 9.51. The molecule has 2 aromatic rings. The zero-order valence-electron chi connectivity index (χ0n) is 14.4. The number of nitrogens with zero attached hydrogens (tertiary/aromatic N) is 1. The Morgan fingerprint density at radius 1 is 1.16 bits per heavy atom. The van der Waals surface area contributed by atoms with Gasteiger partial charge in [0.1, 0.15) is 6.61 Å². The highest BCUT2D eigenvalue weighted by molar-refractivity contribution is 5.90. The van der Waals surface area contributed by atoms with Gasteiger partial charge in [-0.2, -0.15) is 5.26 Å². The van der Waals surface area contributed by atoms with Crippen LogP contribution in [0.4, 0.5) is 0 Å². The van der Waals surface area contributed by atoms with Crippen molar-refractivity contribution in [2.24, 2.45) is 0 Å². The standard InChI is InChI=1S/C22H21NO2/c1-4-9-19-13-17(15-21(24-3)22(19)25-12-5-2)14-20(16-23)18-10-7-6-8-11-18/h4-8,10-11,13-15H,1-2,9,12H2,3H3/b20-14+. The SMILES string of the molecule is C=CCOc1c(CC=C)cc(/C=C(\C#N)c2ccccc2)cc1OC. The predicted octanol–water partition coefficient (Wildman–Crippen LogP) is 5.05. The van der Waals surface area contributed by atoms with Crippen molar-refractivity contribution in [2.45, 2.75) is 6.42 Å². The van der Waals surface area contributed by atoms with Gasteiger partial charge in [-0.3, -0.25) is 0 Å². The normalized spacial score (nSPS) is 10.6. The molecule has 0 unspecified atom stereocenters. The van der Waals surface area contributed by atoms with Gasteiger partial charge in [0.2, 0.25) is 0 Å². The van der Waals surface area contributed by atoms with E-state index in [1.807, 2.05) is 54.6 Å². The molecule has 2 rings (SSSR count). The van der Waals surface area contributed by atoms with Crippen LogP contribution in [0, 0.1) is 11.3 Å². The van der Waals surface area contributed by atoms with Crippen molar-refractivity contribution in [1.29, 1.82) is 5.26 Å². The van der Waals surface area contributed by atoms with Gasteiger partial charge in [-0.25, -0.2) is 0 Å². The molecule has 0 aliphatic heterocycles. The molecule has 0 heterocycles. The molecule has 0 fully saturated rings. The first-order valence-electron chi connectivity index (χ1n) is 7.96. The second-order valence-corrected chi connectivity index (χ2v) is 5.34. The number of ether oxygens (including phenoxy) is 2. The van der Waals surface area contributed by atoms with E-state index in [9.17, 15) is 5.26 Å². The van der Waals surface area contributed by atoms with Gasteiger partial charge >= 0.3 is 0 Å². The van der Waals surface area contributed by atoms with Crippen molar-refractivity contribution >= 4 is 11.6 Å².